The summed E-state index contributed by atoms with van der Waals surface area (Å²) in [7, 11) is -3.76. The monoisotopic (exact) mass is 299 g/mol. The molecule has 0 spiro atoms. The first-order valence-electron chi connectivity index (χ1n) is 6.45. The lowest BCUT2D eigenvalue weighted by Crippen LogP contribution is -2.15. The zero-order chi connectivity index (χ0) is 15.2. The SMILES string of the molecule is CC(CCN)CCC(=O)Nc1cccc(S(N)(=O)=O)c1. The highest BCUT2D eigenvalue weighted by molar-refractivity contribution is 7.89. The molecule has 5 N–H and O–H groups in total. The maximum Gasteiger partial charge on any atom is 0.238 e. The summed E-state index contributed by atoms with van der Waals surface area (Å²) in [5.74, 6) is 0.238. The Balaban J connectivity index is 2.58. The van der Waals surface area contributed by atoms with E-state index in [4.69, 9.17) is 10.9 Å². The smallest absolute Gasteiger partial charge is 0.238 e. The van der Waals surface area contributed by atoms with Crippen LogP contribution in [0.5, 0.6) is 0 Å². The molecule has 20 heavy (non-hydrogen) atoms. The molecule has 1 aromatic carbocycles. The largest absolute Gasteiger partial charge is 0.330 e. The van der Waals surface area contributed by atoms with Crippen LogP contribution in [0, 0.1) is 5.92 Å². The lowest BCUT2D eigenvalue weighted by molar-refractivity contribution is -0.116. The number of hydrogen-bond donors (Lipinski definition) is 3. The Hall–Kier alpha value is -1.44. The van der Waals surface area contributed by atoms with Gasteiger partial charge >= 0.3 is 0 Å². The van der Waals surface area contributed by atoms with Crippen molar-refractivity contribution in [3.63, 3.8) is 0 Å². The van der Waals surface area contributed by atoms with Crippen molar-refractivity contribution in [1.29, 1.82) is 0 Å². The molecule has 0 aliphatic carbocycles. The molecule has 0 heterocycles. The topological polar surface area (TPSA) is 115 Å². The lowest BCUT2D eigenvalue weighted by Gasteiger charge is -2.10. The minimum Gasteiger partial charge on any atom is -0.330 e. The van der Waals surface area contributed by atoms with Gasteiger partial charge in [0.1, 0.15) is 0 Å². The fraction of sp³-hybridized carbons (Fsp3) is 0.462. The third-order valence-corrected chi connectivity index (χ3v) is 3.88. The summed E-state index contributed by atoms with van der Waals surface area (Å²) in [5.41, 5.74) is 5.87. The number of carbonyl (C=O) groups is 1. The van der Waals surface area contributed by atoms with E-state index in [-0.39, 0.29) is 10.8 Å². The highest BCUT2D eigenvalue weighted by Gasteiger charge is 2.10. The van der Waals surface area contributed by atoms with Gasteiger partial charge in [0.15, 0.2) is 0 Å². The summed E-state index contributed by atoms with van der Waals surface area (Å²) >= 11 is 0. The first-order chi connectivity index (χ1) is 9.32. The highest BCUT2D eigenvalue weighted by Crippen LogP contribution is 2.15. The molecule has 6 nitrogen and oxygen atoms in total. The van der Waals surface area contributed by atoms with Crippen molar-refractivity contribution < 1.29 is 13.2 Å². The Kier molecular flexibility index (Phi) is 6.12. The van der Waals surface area contributed by atoms with Gasteiger partial charge in [0.25, 0.3) is 0 Å². The fourth-order valence-electron chi connectivity index (χ4n) is 1.78. The van der Waals surface area contributed by atoms with Crippen LogP contribution >= 0.6 is 0 Å². The van der Waals surface area contributed by atoms with Gasteiger partial charge in [0, 0.05) is 12.1 Å². The fourth-order valence-corrected chi connectivity index (χ4v) is 2.34. The van der Waals surface area contributed by atoms with Crippen molar-refractivity contribution in [3.8, 4) is 0 Å². The zero-order valence-electron chi connectivity index (χ0n) is 11.5. The molecule has 0 aromatic heterocycles. The van der Waals surface area contributed by atoms with Crippen LogP contribution in [0.2, 0.25) is 0 Å². The van der Waals surface area contributed by atoms with Crippen LogP contribution in [0.25, 0.3) is 0 Å². The van der Waals surface area contributed by atoms with E-state index in [0.717, 1.165) is 12.8 Å². The number of anilines is 1. The summed E-state index contributed by atoms with van der Waals surface area (Å²) in [6.07, 6.45) is 2.01. The van der Waals surface area contributed by atoms with Crippen LogP contribution in [-0.4, -0.2) is 20.9 Å². The molecule has 112 valence electrons. The van der Waals surface area contributed by atoms with E-state index < -0.39 is 10.0 Å². The molecule has 0 bridgehead atoms. The Bertz CT molecular complexity index is 558. The van der Waals surface area contributed by atoms with E-state index in [9.17, 15) is 13.2 Å². The lowest BCUT2D eigenvalue weighted by atomic mass is 10.0. The van der Waals surface area contributed by atoms with Gasteiger partial charge in [0.2, 0.25) is 15.9 Å². The number of amides is 1. The number of carbonyl (C=O) groups excluding carboxylic acids is 1. The molecule has 0 aliphatic rings. The van der Waals surface area contributed by atoms with Crippen LogP contribution < -0.4 is 16.2 Å². The summed E-state index contributed by atoms with van der Waals surface area (Å²) < 4.78 is 22.4. The molecule has 0 aliphatic heterocycles. The van der Waals surface area contributed by atoms with Gasteiger partial charge in [-0.05, 0) is 43.5 Å². The van der Waals surface area contributed by atoms with Crippen LogP contribution in [0.4, 0.5) is 5.69 Å². The van der Waals surface area contributed by atoms with Crippen molar-refractivity contribution in [2.24, 2.45) is 16.8 Å². The summed E-state index contributed by atoms with van der Waals surface area (Å²) in [5, 5.41) is 7.70. The van der Waals surface area contributed by atoms with E-state index in [1.165, 1.54) is 18.2 Å². The van der Waals surface area contributed by atoms with E-state index in [1.807, 2.05) is 6.92 Å². The first kappa shape index (κ1) is 16.6. The number of primary sulfonamides is 1. The maximum absolute atomic E-state index is 11.8. The highest BCUT2D eigenvalue weighted by atomic mass is 32.2. The summed E-state index contributed by atoms with van der Waals surface area (Å²) in [6.45, 7) is 2.65. The number of rotatable bonds is 7. The third kappa shape index (κ3) is 5.68. The van der Waals surface area contributed by atoms with E-state index in [1.54, 1.807) is 6.07 Å². The summed E-state index contributed by atoms with van der Waals surface area (Å²) in [4.78, 5) is 11.7. The van der Waals surface area contributed by atoms with Crippen LogP contribution in [-0.2, 0) is 14.8 Å². The molecule has 1 aromatic rings. The second-order valence-electron chi connectivity index (χ2n) is 4.84. The van der Waals surface area contributed by atoms with Gasteiger partial charge in [-0.25, -0.2) is 13.6 Å². The van der Waals surface area contributed by atoms with E-state index in [0.29, 0.717) is 24.6 Å². The van der Waals surface area contributed by atoms with E-state index in [2.05, 4.69) is 5.32 Å². The van der Waals surface area contributed by atoms with Crippen LogP contribution in [0.1, 0.15) is 26.2 Å². The second-order valence-corrected chi connectivity index (χ2v) is 6.40. The minimum absolute atomic E-state index is 0.0215. The molecule has 7 heteroatoms. The number of nitrogens with one attached hydrogen (secondary N) is 1. The molecular weight excluding hydrogens is 278 g/mol. The molecule has 1 amide bonds. The minimum atomic E-state index is -3.76. The van der Waals surface area contributed by atoms with Crippen LogP contribution in [0.15, 0.2) is 29.2 Å². The van der Waals surface area contributed by atoms with Crippen molar-refractivity contribution >= 4 is 21.6 Å². The Morgan fingerprint density at radius 3 is 2.65 bits per heavy atom. The molecule has 0 fully saturated rings. The molecular formula is C13H21N3O3S. The van der Waals surface area contributed by atoms with Crippen molar-refractivity contribution in [3.05, 3.63) is 24.3 Å². The molecule has 1 unspecified atom stereocenters. The molecule has 0 saturated carbocycles. The van der Waals surface area contributed by atoms with Crippen molar-refractivity contribution in [1.82, 2.24) is 0 Å². The number of nitrogens with two attached hydrogens (primary N) is 2. The number of benzene rings is 1. The zero-order valence-corrected chi connectivity index (χ0v) is 12.3. The quantitative estimate of drug-likeness (QED) is 0.697. The van der Waals surface area contributed by atoms with Crippen molar-refractivity contribution in [2.75, 3.05) is 11.9 Å². The van der Waals surface area contributed by atoms with E-state index >= 15 is 0 Å². The Morgan fingerprint density at radius 2 is 2.05 bits per heavy atom. The third-order valence-electron chi connectivity index (χ3n) is 2.97. The second kappa shape index (κ2) is 7.37. The average Bonchev–Trinajstić information content (AvgIpc) is 2.36. The summed E-state index contributed by atoms with van der Waals surface area (Å²) in [6, 6.07) is 5.88. The van der Waals surface area contributed by atoms with Gasteiger partial charge in [-0.2, -0.15) is 0 Å². The Labute approximate surface area is 119 Å². The maximum atomic E-state index is 11.8. The molecule has 0 radical (unpaired) electrons. The number of hydrogen-bond acceptors (Lipinski definition) is 4. The average molecular weight is 299 g/mol. The standard InChI is InChI=1S/C13H21N3O3S/c1-10(7-8-14)5-6-13(17)16-11-3-2-4-12(9-11)20(15,18)19/h2-4,9-10H,5-8,14H2,1H3,(H,16,17)(H2,15,18,19). The van der Waals surface area contributed by atoms with Crippen molar-refractivity contribution in [2.45, 2.75) is 31.1 Å². The normalized spacial score (nSPS) is 12.9. The molecule has 1 rings (SSSR count). The molecule has 1 atom stereocenters. The van der Waals surface area contributed by atoms with Gasteiger partial charge in [0.05, 0.1) is 4.90 Å². The predicted molar refractivity (Wildman–Crippen MR) is 78.5 cm³/mol. The van der Waals surface area contributed by atoms with Gasteiger partial charge in [-0.1, -0.05) is 13.0 Å². The Morgan fingerprint density at radius 1 is 1.35 bits per heavy atom. The van der Waals surface area contributed by atoms with Gasteiger partial charge < -0.3 is 11.1 Å². The predicted octanol–water partition coefficient (Wildman–Crippen LogP) is 1.04. The van der Waals surface area contributed by atoms with Crippen LogP contribution in [0.3, 0.4) is 0 Å². The van der Waals surface area contributed by atoms with Gasteiger partial charge in [-0.15, -0.1) is 0 Å². The number of sulfonamides is 1. The first-order valence-corrected chi connectivity index (χ1v) is 8.00. The molecule has 0 saturated heterocycles. The van der Waals surface area contributed by atoms with Gasteiger partial charge in [-0.3, -0.25) is 4.79 Å².